The molecule has 0 aliphatic carbocycles. The molecule has 15 nitrogen and oxygen atoms in total. The van der Waals surface area contributed by atoms with Crippen molar-refractivity contribution in [1.29, 1.82) is 0 Å². The minimum absolute atomic E-state index is 0.0843. The van der Waals surface area contributed by atoms with E-state index in [4.69, 9.17) is 16.2 Å². The first-order valence-electron chi connectivity index (χ1n) is 19.3. The number of fused-ring (bicyclic) bond motifs is 1. The van der Waals surface area contributed by atoms with Crippen LogP contribution in [0.4, 0.5) is 0 Å². The fraction of sp³-hybridized carbons (Fsp3) is 0.512. The minimum atomic E-state index is -1.19. The quantitative estimate of drug-likeness (QED) is 0.0543. The highest BCUT2D eigenvalue weighted by Crippen LogP contribution is 2.21. The molecule has 0 aliphatic rings. The lowest BCUT2D eigenvalue weighted by atomic mass is 9.90. The summed E-state index contributed by atoms with van der Waals surface area (Å²) in [5.74, 6) is -0.858. The van der Waals surface area contributed by atoms with Crippen LogP contribution in [-0.4, -0.2) is 108 Å². The molecular weight excluding hydrogens is 749 g/mol. The summed E-state index contributed by atoms with van der Waals surface area (Å²) in [6, 6.07) is 11.1. The lowest BCUT2D eigenvalue weighted by Gasteiger charge is -2.31. The van der Waals surface area contributed by atoms with Gasteiger partial charge < -0.3 is 47.8 Å². The van der Waals surface area contributed by atoms with Gasteiger partial charge in [0, 0.05) is 49.2 Å². The smallest absolute Gasteiger partial charge is 0.243 e. The third-order valence-electron chi connectivity index (χ3n) is 9.79. The molecule has 0 radical (unpaired) electrons. The van der Waals surface area contributed by atoms with Crippen LogP contribution in [0.3, 0.4) is 0 Å². The second-order valence-corrected chi connectivity index (χ2v) is 15.5. The van der Waals surface area contributed by atoms with Crippen molar-refractivity contribution < 1.29 is 33.5 Å². The summed E-state index contributed by atoms with van der Waals surface area (Å²) in [4.78, 5) is 82.0. The van der Waals surface area contributed by atoms with Crippen molar-refractivity contribution >= 4 is 57.9 Å². The van der Waals surface area contributed by atoms with Crippen molar-refractivity contribution in [2.24, 2.45) is 11.5 Å². The van der Waals surface area contributed by atoms with Crippen molar-refractivity contribution in [1.82, 2.24) is 31.6 Å². The Bertz CT molecular complexity index is 1800. The van der Waals surface area contributed by atoms with Gasteiger partial charge in [-0.15, -0.1) is 0 Å². The van der Waals surface area contributed by atoms with E-state index < -0.39 is 47.4 Å². The number of aromatic nitrogens is 1. The Morgan fingerprint density at radius 1 is 0.807 bits per heavy atom. The van der Waals surface area contributed by atoms with Gasteiger partial charge in [-0.05, 0) is 95.1 Å². The molecule has 3 aromatic rings. The number of aromatic amines is 1. The molecule has 5 atom stereocenters. The lowest BCUT2D eigenvalue weighted by molar-refractivity contribution is -0.135. The van der Waals surface area contributed by atoms with Gasteiger partial charge in [-0.3, -0.25) is 28.8 Å². The largest absolute Gasteiger partial charge is 0.492 e. The van der Waals surface area contributed by atoms with Crippen LogP contribution in [0.15, 0.2) is 54.7 Å². The number of rotatable bonds is 26. The highest BCUT2D eigenvalue weighted by Gasteiger charge is 2.36. The molecule has 0 saturated heterocycles. The number of hydrogen-bond acceptors (Lipinski definition) is 11. The topological polar surface area (TPSA) is 240 Å². The summed E-state index contributed by atoms with van der Waals surface area (Å²) in [7, 11) is 1.64. The third kappa shape index (κ3) is 14.9. The molecule has 312 valence electrons. The van der Waals surface area contributed by atoms with Gasteiger partial charge >= 0.3 is 0 Å². The number of nitrogens with one attached hydrogen (secondary N) is 6. The molecule has 0 aliphatic heterocycles. The van der Waals surface area contributed by atoms with Crippen LogP contribution in [0.5, 0.6) is 5.75 Å². The van der Waals surface area contributed by atoms with Crippen LogP contribution < -0.4 is 42.8 Å². The number of Topliss-reactive ketones (excluding diaryl/α,β-unsaturated/α-hetero) is 2. The number of ketones is 2. The molecule has 57 heavy (non-hydrogen) atoms. The van der Waals surface area contributed by atoms with Crippen LogP contribution >= 0.6 is 11.8 Å². The first-order valence-corrected chi connectivity index (χ1v) is 20.5. The van der Waals surface area contributed by atoms with E-state index in [1.165, 1.54) is 32.5 Å². The van der Waals surface area contributed by atoms with E-state index >= 15 is 0 Å². The number of nitrogens with two attached hydrogens (primary N) is 2. The molecule has 0 fully saturated rings. The normalized spacial score (nSPS) is 14.4. The van der Waals surface area contributed by atoms with Crippen molar-refractivity contribution in [3.8, 4) is 5.75 Å². The first kappa shape index (κ1) is 46.6. The van der Waals surface area contributed by atoms with E-state index in [1.807, 2.05) is 24.3 Å². The molecule has 1 aromatic heterocycles. The molecule has 16 heteroatoms. The van der Waals surface area contributed by atoms with Crippen LogP contribution in [0.1, 0.15) is 64.5 Å². The maximum absolute atomic E-state index is 14.4. The number of carbonyl (C=O) groups is 6. The molecule has 0 bridgehead atoms. The molecule has 0 spiro atoms. The van der Waals surface area contributed by atoms with Crippen molar-refractivity contribution in [2.45, 2.75) is 95.9 Å². The van der Waals surface area contributed by atoms with E-state index in [-0.39, 0.29) is 30.3 Å². The number of H-pyrrole nitrogens is 1. The predicted molar refractivity (Wildman–Crippen MR) is 224 cm³/mol. The highest BCUT2D eigenvalue weighted by atomic mass is 32.2. The Labute approximate surface area is 339 Å². The van der Waals surface area contributed by atoms with Gasteiger partial charge in [-0.25, -0.2) is 0 Å². The summed E-state index contributed by atoms with van der Waals surface area (Å²) in [6.45, 7) is 7.00. The lowest BCUT2D eigenvalue weighted by Crippen LogP contribution is -2.60. The van der Waals surface area contributed by atoms with E-state index in [9.17, 15) is 28.8 Å². The number of carbonyl (C=O) groups excluding carboxylic acids is 6. The fourth-order valence-corrected chi connectivity index (χ4v) is 7.36. The Morgan fingerprint density at radius 3 is 2.09 bits per heavy atom. The van der Waals surface area contributed by atoms with Gasteiger partial charge in [-0.1, -0.05) is 30.3 Å². The number of unbranched alkanes of at least 4 members (excludes halogenated alkanes) is 1. The molecule has 1 heterocycles. The van der Waals surface area contributed by atoms with E-state index in [1.54, 1.807) is 44.4 Å². The molecule has 4 amide bonds. The maximum Gasteiger partial charge on any atom is 0.243 e. The van der Waals surface area contributed by atoms with Gasteiger partial charge in [0.2, 0.25) is 23.6 Å². The highest BCUT2D eigenvalue weighted by molar-refractivity contribution is 7.99. The van der Waals surface area contributed by atoms with Crippen LogP contribution in [0.2, 0.25) is 0 Å². The summed E-state index contributed by atoms with van der Waals surface area (Å²) in [6.07, 6.45) is 4.03. The second-order valence-electron chi connectivity index (χ2n) is 14.4. The number of likely N-dealkylation sites (N-methyl/N-ethyl adjacent to an activating group) is 1. The van der Waals surface area contributed by atoms with Crippen LogP contribution in [-0.2, 0) is 41.6 Å². The summed E-state index contributed by atoms with van der Waals surface area (Å²) >= 11 is 1.43. The predicted octanol–water partition coefficient (Wildman–Crippen LogP) is 1.66. The van der Waals surface area contributed by atoms with Gasteiger partial charge in [-0.2, -0.15) is 11.8 Å². The maximum atomic E-state index is 14.4. The number of hydrogen-bond donors (Lipinski definition) is 8. The van der Waals surface area contributed by atoms with Gasteiger partial charge in [0.25, 0.3) is 0 Å². The van der Waals surface area contributed by atoms with Gasteiger partial charge in [0.05, 0.1) is 17.6 Å². The summed E-state index contributed by atoms with van der Waals surface area (Å²) in [5, 5.41) is 15.3. The Hall–Kier alpha value is -4.77. The first-order chi connectivity index (χ1) is 27.2. The Kier molecular flexibility index (Phi) is 19.2. The number of ether oxygens (including phenoxy) is 1. The standard InChI is InChI=1S/C41H60N8O7S/c1-26(50)33(46-28(3)52)16-21-57-25-37(44-5)39(54)47-35(22-29-12-14-31(15-13-29)56-20-19-43)38(53)48-36(23-30-24-45-34-11-7-6-10-32(30)34)40(55)49-41(4,27(2)51)17-8-9-18-42/h6-7,10-15,24,33,35-37,44-45H,8-9,16-23,25,42-43H2,1-5H3,(H,46,52)(H,47,54)(H,48,53)(H,49,55)/t33-,35-,36-,37-,41-/m0/s1. The van der Waals surface area contributed by atoms with Crippen molar-refractivity contribution in [2.75, 3.05) is 38.2 Å². The van der Waals surface area contributed by atoms with Gasteiger partial charge in [0.1, 0.15) is 24.4 Å². The van der Waals surface area contributed by atoms with Crippen molar-refractivity contribution in [3.05, 3.63) is 65.9 Å². The fourth-order valence-electron chi connectivity index (χ4n) is 6.24. The number of thioether (sulfide) groups is 1. The van der Waals surface area contributed by atoms with Crippen molar-refractivity contribution in [3.63, 3.8) is 0 Å². The van der Waals surface area contributed by atoms with Crippen LogP contribution in [0.25, 0.3) is 10.9 Å². The zero-order chi connectivity index (χ0) is 42.0. The number of para-hydroxylation sites is 1. The Balaban J connectivity index is 1.89. The van der Waals surface area contributed by atoms with E-state index in [2.05, 4.69) is 31.6 Å². The molecule has 2 aromatic carbocycles. The minimum Gasteiger partial charge on any atom is -0.492 e. The average Bonchev–Trinajstić information content (AvgIpc) is 3.58. The molecular formula is C41H60N8O7S. The SMILES string of the molecule is CN[C@@H](CSCC[C@H](NC(C)=O)C(C)=O)C(=O)N[C@@H](Cc1ccc(OCCN)cc1)C(=O)N[C@@H](Cc1c[nH]c2ccccc12)C(=O)N[C@@](C)(CCCCN)C(C)=O. The molecule has 10 N–H and O–H groups in total. The molecule has 3 rings (SSSR count). The average molecular weight is 809 g/mol. The Morgan fingerprint density at radius 2 is 1.47 bits per heavy atom. The van der Waals surface area contributed by atoms with E-state index in [0.29, 0.717) is 62.6 Å². The third-order valence-corrected chi connectivity index (χ3v) is 10.9. The van der Waals surface area contributed by atoms with E-state index in [0.717, 1.165) is 22.0 Å². The zero-order valence-electron chi connectivity index (χ0n) is 33.7. The van der Waals surface area contributed by atoms with Crippen LogP contribution in [0, 0.1) is 0 Å². The van der Waals surface area contributed by atoms with Gasteiger partial charge in [0.15, 0.2) is 11.6 Å². The zero-order valence-corrected chi connectivity index (χ0v) is 34.5. The summed E-state index contributed by atoms with van der Waals surface area (Å²) < 4.78 is 5.61. The molecule has 0 unspecified atom stereocenters. The summed E-state index contributed by atoms with van der Waals surface area (Å²) in [5.41, 5.74) is 12.5. The monoisotopic (exact) mass is 808 g/mol. The second kappa shape index (κ2) is 23.5. The number of amides is 4. The number of benzene rings is 2. The molecule has 0 saturated carbocycles.